The Morgan fingerprint density at radius 3 is 2.76 bits per heavy atom. The number of anilines is 2. The molecule has 4 rings (SSSR count). The first kappa shape index (κ1) is 26.1. The summed E-state index contributed by atoms with van der Waals surface area (Å²) in [5.41, 5.74) is 4.63. The van der Waals surface area contributed by atoms with Crippen LogP contribution in [0, 0.1) is 5.95 Å². The van der Waals surface area contributed by atoms with Crippen LogP contribution < -0.4 is 11.5 Å². The second-order valence-electron chi connectivity index (χ2n) is 9.29. The van der Waals surface area contributed by atoms with Crippen LogP contribution in [0.25, 0.3) is 11.1 Å². The Balaban J connectivity index is 0.00000324. The Bertz CT molecular complexity index is 1180. The van der Waals surface area contributed by atoms with E-state index in [-0.39, 0.29) is 18.0 Å². The maximum Gasteiger partial charge on any atom is 0.268 e. The van der Waals surface area contributed by atoms with Crippen molar-refractivity contribution in [2.75, 3.05) is 11.9 Å². The summed E-state index contributed by atoms with van der Waals surface area (Å²) in [6.07, 6.45) is 4.30. The molecule has 1 atom stereocenters. The Labute approximate surface area is 202 Å². The molecule has 0 saturated heterocycles. The van der Waals surface area contributed by atoms with Crippen LogP contribution in [0.2, 0.25) is 25.7 Å². The van der Waals surface area contributed by atoms with Gasteiger partial charge >= 0.3 is 0 Å². The first-order chi connectivity index (χ1) is 15.7. The van der Waals surface area contributed by atoms with Crippen molar-refractivity contribution >= 4 is 30.8 Å². The Morgan fingerprint density at radius 1 is 1.26 bits per heavy atom. The average Bonchev–Trinajstić information content (AvgIpc) is 3.38. The minimum atomic E-state index is -2.33. The molecule has 0 radical (unpaired) electrons. The molecule has 12 heteroatoms. The second-order valence-corrected chi connectivity index (χ2v) is 15.8. The van der Waals surface area contributed by atoms with Gasteiger partial charge < -0.3 is 16.2 Å². The third-order valence-electron chi connectivity index (χ3n) is 5.58. The second kappa shape index (κ2) is 10.8. The van der Waals surface area contributed by atoms with Crippen molar-refractivity contribution in [2.45, 2.75) is 56.8 Å². The summed E-state index contributed by atoms with van der Waals surface area (Å²) in [4.78, 5) is 7.90. The summed E-state index contributed by atoms with van der Waals surface area (Å²) < 4.78 is 42.3. The number of benzene rings is 1. The van der Waals surface area contributed by atoms with Gasteiger partial charge in [0, 0.05) is 32.5 Å². The highest BCUT2D eigenvalue weighted by atomic mass is 32.2. The Morgan fingerprint density at radius 2 is 2.06 bits per heavy atom. The third kappa shape index (κ3) is 6.13. The summed E-state index contributed by atoms with van der Waals surface area (Å²) in [6.45, 7) is 7.49. The van der Waals surface area contributed by atoms with E-state index < -0.39 is 25.1 Å². The highest BCUT2D eigenvalue weighted by Gasteiger charge is 2.22. The van der Waals surface area contributed by atoms with Crippen molar-refractivity contribution in [1.29, 1.82) is 0 Å². The fourth-order valence-corrected chi connectivity index (χ4v) is 4.93. The van der Waals surface area contributed by atoms with E-state index in [9.17, 15) is 13.2 Å². The van der Waals surface area contributed by atoms with Crippen LogP contribution in [0.5, 0.6) is 0 Å². The van der Waals surface area contributed by atoms with Gasteiger partial charge in [-0.25, -0.2) is 13.9 Å². The monoisotopic (exact) mass is 506 g/mol. The zero-order chi connectivity index (χ0) is 23.6. The maximum absolute atomic E-state index is 13.9. The van der Waals surface area contributed by atoms with Gasteiger partial charge in [0.2, 0.25) is 23.0 Å². The standard InChI is InChI=1S/C22H28FN5O3SSi.H3N/c1-33(2,3)12-11-31-14-28-21(26-22(27-28)32(29)30)25-20-17-6-4-5-15(17)7-8-18(20)16-9-10-24-19(23)13-16;/h7-10,13H,4-6,11-12,14H2,1-3H3,(H,29,30)(H,25,26,27);1H3. The number of hydrogen-bond acceptors (Lipinski definition) is 7. The van der Waals surface area contributed by atoms with Crippen molar-refractivity contribution in [3.8, 4) is 11.1 Å². The molecule has 34 heavy (non-hydrogen) atoms. The molecular weight excluding hydrogens is 475 g/mol. The lowest BCUT2D eigenvalue weighted by atomic mass is 9.98. The molecule has 2 aromatic heterocycles. The number of hydrogen-bond donors (Lipinski definition) is 3. The van der Waals surface area contributed by atoms with Crippen molar-refractivity contribution in [2.24, 2.45) is 0 Å². The molecule has 0 bridgehead atoms. The maximum atomic E-state index is 13.9. The molecule has 1 aliphatic carbocycles. The number of nitrogens with one attached hydrogen (secondary N) is 1. The van der Waals surface area contributed by atoms with E-state index in [1.54, 1.807) is 6.07 Å². The van der Waals surface area contributed by atoms with E-state index >= 15 is 0 Å². The lowest BCUT2D eigenvalue weighted by Gasteiger charge is -2.18. The summed E-state index contributed by atoms with van der Waals surface area (Å²) in [7, 11) is -1.25. The lowest BCUT2D eigenvalue weighted by Crippen LogP contribution is -2.22. The van der Waals surface area contributed by atoms with Crippen molar-refractivity contribution < 1.29 is 17.9 Å². The molecule has 0 amide bonds. The lowest BCUT2D eigenvalue weighted by molar-refractivity contribution is 0.0792. The van der Waals surface area contributed by atoms with Gasteiger partial charge in [0.15, 0.2) is 0 Å². The van der Waals surface area contributed by atoms with E-state index in [2.05, 4.69) is 46.1 Å². The van der Waals surface area contributed by atoms with Gasteiger partial charge in [-0.2, -0.15) is 9.37 Å². The average molecular weight is 507 g/mol. The number of ether oxygens (including phenoxy) is 1. The van der Waals surface area contributed by atoms with Crippen LogP contribution in [0.1, 0.15) is 17.5 Å². The smallest absolute Gasteiger partial charge is 0.268 e. The fraction of sp³-hybridized carbons (Fsp3) is 0.409. The molecule has 2 heterocycles. The van der Waals surface area contributed by atoms with Gasteiger partial charge in [-0.15, -0.1) is 5.10 Å². The van der Waals surface area contributed by atoms with Crippen molar-refractivity contribution in [1.82, 2.24) is 25.9 Å². The van der Waals surface area contributed by atoms with Gasteiger partial charge in [0.25, 0.3) is 5.16 Å². The molecule has 184 valence electrons. The normalized spacial score (nSPS) is 13.9. The molecule has 3 aromatic rings. The molecule has 9 nitrogen and oxygen atoms in total. The summed E-state index contributed by atoms with van der Waals surface area (Å²) in [5.74, 6) is -0.257. The number of rotatable bonds is 9. The molecule has 5 N–H and O–H groups in total. The van der Waals surface area contributed by atoms with Crippen LogP contribution >= 0.6 is 0 Å². The number of aryl methyl sites for hydroxylation is 1. The van der Waals surface area contributed by atoms with Crippen LogP contribution in [-0.2, 0) is 35.4 Å². The molecule has 0 aliphatic heterocycles. The van der Waals surface area contributed by atoms with Crippen LogP contribution in [0.15, 0.2) is 35.6 Å². The minimum absolute atomic E-state index is 0. The SMILES string of the molecule is C[Si](C)(C)CCOCn1nc(S(=O)O)nc1Nc1c(-c2ccnc(F)c2)ccc2c1CCC2.N. The highest BCUT2D eigenvalue weighted by Crippen LogP contribution is 2.39. The number of pyridine rings is 1. The summed E-state index contributed by atoms with van der Waals surface area (Å²) in [6, 6.07) is 8.16. The Kier molecular flexibility index (Phi) is 8.31. The zero-order valence-corrected chi connectivity index (χ0v) is 21.5. The zero-order valence-electron chi connectivity index (χ0n) is 19.7. The topological polar surface area (TPSA) is 137 Å². The fourth-order valence-electron chi connectivity index (χ4n) is 3.84. The predicted molar refractivity (Wildman–Crippen MR) is 133 cm³/mol. The molecule has 1 aliphatic rings. The summed E-state index contributed by atoms with van der Waals surface area (Å²) >= 11 is -2.33. The van der Waals surface area contributed by atoms with Gasteiger partial charge in [0.05, 0.1) is 5.69 Å². The van der Waals surface area contributed by atoms with Crippen LogP contribution in [0.3, 0.4) is 0 Å². The van der Waals surface area contributed by atoms with E-state index in [1.165, 1.54) is 22.5 Å². The predicted octanol–water partition coefficient (Wildman–Crippen LogP) is 4.77. The van der Waals surface area contributed by atoms with Gasteiger partial charge in [-0.1, -0.05) is 31.8 Å². The van der Waals surface area contributed by atoms with Gasteiger partial charge in [-0.05, 0) is 48.1 Å². The minimum Gasteiger partial charge on any atom is -0.359 e. The molecule has 1 unspecified atom stereocenters. The number of aromatic nitrogens is 4. The van der Waals surface area contributed by atoms with E-state index in [1.807, 2.05) is 6.07 Å². The van der Waals surface area contributed by atoms with Crippen molar-refractivity contribution in [3.63, 3.8) is 0 Å². The Hall–Kier alpha value is -2.51. The molecular formula is C22H31FN6O3SSi. The van der Waals surface area contributed by atoms with E-state index in [4.69, 9.17) is 4.74 Å². The highest BCUT2D eigenvalue weighted by molar-refractivity contribution is 7.79. The molecule has 0 spiro atoms. The molecule has 0 fully saturated rings. The quantitative estimate of drug-likeness (QED) is 0.163. The van der Waals surface area contributed by atoms with E-state index in [0.717, 1.165) is 42.1 Å². The first-order valence-electron chi connectivity index (χ1n) is 10.9. The molecule has 1 aromatic carbocycles. The van der Waals surface area contributed by atoms with Gasteiger partial charge in [0.1, 0.15) is 6.73 Å². The number of fused-ring (bicyclic) bond motifs is 1. The van der Waals surface area contributed by atoms with Crippen LogP contribution in [-0.4, -0.2) is 43.2 Å². The number of halogens is 1. The first-order valence-corrected chi connectivity index (χ1v) is 15.7. The van der Waals surface area contributed by atoms with Crippen molar-refractivity contribution in [3.05, 3.63) is 47.5 Å². The largest absolute Gasteiger partial charge is 0.359 e. The van der Waals surface area contributed by atoms with Gasteiger partial charge in [-0.3, -0.25) is 4.55 Å². The molecule has 0 saturated carbocycles. The third-order valence-corrected chi connectivity index (χ3v) is 7.77. The number of nitrogens with zero attached hydrogens (tertiary/aromatic N) is 4. The van der Waals surface area contributed by atoms with E-state index in [0.29, 0.717) is 18.1 Å². The summed E-state index contributed by atoms with van der Waals surface area (Å²) in [5, 5.41) is 7.28. The van der Waals surface area contributed by atoms with Crippen LogP contribution in [0.4, 0.5) is 16.0 Å².